The molecular weight excluding hydrogens is 348 g/mol. The van der Waals surface area contributed by atoms with Crippen molar-refractivity contribution < 1.29 is 14.3 Å². The minimum atomic E-state index is -0.772. The van der Waals surface area contributed by atoms with Crippen LogP contribution in [0.3, 0.4) is 0 Å². The number of hydrogen-bond donors (Lipinski definition) is 0. The van der Waals surface area contributed by atoms with Crippen LogP contribution >= 0.6 is 0 Å². The first-order valence-corrected chi connectivity index (χ1v) is 11.1. The third kappa shape index (κ3) is 2.78. The lowest BCUT2D eigenvalue weighted by Crippen LogP contribution is -2.54. The van der Waals surface area contributed by atoms with E-state index in [-0.39, 0.29) is 11.4 Å². The number of hydrogen-bond acceptors (Lipinski definition) is 3. The summed E-state index contributed by atoms with van der Waals surface area (Å²) in [6, 6.07) is 0. The molecule has 0 aliphatic heterocycles. The number of carbonyl (C=O) groups excluding carboxylic acids is 2. The van der Waals surface area contributed by atoms with Crippen LogP contribution in [0, 0.1) is 46.8 Å². The highest BCUT2D eigenvalue weighted by Gasteiger charge is 2.64. The summed E-state index contributed by atoms with van der Waals surface area (Å²) in [6.07, 6.45) is 15.9. The SMILES string of the molecule is C#C[C@]1(OC(=O)C(C)(C)C)CC[C@H]2[C@@H]3CCC4=CC(=O)CC[C@@H]4[C@H]3CC[C@@]21C. The van der Waals surface area contributed by atoms with Crippen molar-refractivity contribution in [3.63, 3.8) is 0 Å². The number of terminal acetylenes is 1. The first-order valence-electron chi connectivity index (χ1n) is 11.1. The second-order valence-corrected chi connectivity index (χ2v) is 10.9. The van der Waals surface area contributed by atoms with Crippen LogP contribution < -0.4 is 0 Å². The Bertz CT molecular complexity index is 764. The second kappa shape index (κ2) is 6.48. The van der Waals surface area contributed by atoms with E-state index in [0.29, 0.717) is 35.9 Å². The van der Waals surface area contributed by atoms with E-state index in [1.807, 2.05) is 26.8 Å². The van der Waals surface area contributed by atoms with E-state index in [2.05, 4.69) is 12.8 Å². The van der Waals surface area contributed by atoms with Crippen molar-refractivity contribution in [3.05, 3.63) is 11.6 Å². The Labute approximate surface area is 169 Å². The van der Waals surface area contributed by atoms with E-state index >= 15 is 0 Å². The molecule has 0 saturated heterocycles. The summed E-state index contributed by atoms with van der Waals surface area (Å²) in [5.41, 5.74) is -0.0583. The molecule has 0 amide bonds. The average Bonchev–Trinajstić information content (AvgIpc) is 2.93. The lowest BCUT2D eigenvalue weighted by Gasteiger charge is -2.55. The highest BCUT2D eigenvalue weighted by molar-refractivity contribution is 5.91. The minimum Gasteiger partial charge on any atom is -0.445 e. The van der Waals surface area contributed by atoms with Crippen molar-refractivity contribution in [3.8, 4) is 12.3 Å². The molecule has 4 aliphatic carbocycles. The molecule has 28 heavy (non-hydrogen) atoms. The molecule has 0 bridgehead atoms. The van der Waals surface area contributed by atoms with E-state index in [4.69, 9.17) is 11.2 Å². The first kappa shape index (κ1) is 19.7. The fourth-order valence-corrected chi connectivity index (χ4v) is 6.92. The van der Waals surface area contributed by atoms with Gasteiger partial charge in [0.05, 0.1) is 5.41 Å². The molecule has 0 aromatic heterocycles. The van der Waals surface area contributed by atoms with Crippen molar-refractivity contribution in [2.45, 2.75) is 84.7 Å². The number of allylic oxidation sites excluding steroid dienone is 1. The fourth-order valence-electron chi connectivity index (χ4n) is 6.92. The van der Waals surface area contributed by atoms with Gasteiger partial charge in [-0.15, -0.1) is 6.42 Å². The lowest BCUT2D eigenvalue weighted by atomic mass is 9.50. The van der Waals surface area contributed by atoms with Gasteiger partial charge in [-0.2, -0.15) is 0 Å². The van der Waals surface area contributed by atoms with Crippen LogP contribution in [0.1, 0.15) is 79.1 Å². The Morgan fingerprint density at radius 3 is 2.57 bits per heavy atom. The Morgan fingerprint density at radius 2 is 1.89 bits per heavy atom. The van der Waals surface area contributed by atoms with Gasteiger partial charge in [-0.3, -0.25) is 9.59 Å². The van der Waals surface area contributed by atoms with E-state index in [1.54, 1.807) is 0 Å². The molecule has 0 aromatic rings. The van der Waals surface area contributed by atoms with Crippen molar-refractivity contribution >= 4 is 11.8 Å². The van der Waals surface area contributed by atoms with Crippen LogP contribution in [0.25, 0.3) is 0 Å². The summed E-state index contributed by atoms with van der Waals surface area (Å²) in [5, 5.41) is 0. The molecule has 0 spiro atoms. The van der Waals surface area contributed by atoms with Gasteiger partial charge in [0.1, 0.15) is 0 Å². The monoisotopic (exact) mass is 382 g/mol. The fraction of sp³-hybridized carbons (Fsp3) is 0.760. The van der Waals surface area contributed by atoms with Crippen molar-refractivity contribution in [1.29, 1.82) is 0 Å². The van der Waals surface area contributed by atoms with Gasteiger partial charge in [0.15, 0.2) is 11.4 Å². The van der Waals surface area contributed by atoms with Gasteiger partial charge in [-0.1, -0.05) is 18.4 Å². The zero-order valence-corrected chi connectivity index (χ0v) is 17.8. The number of rotatable bonds is 1. The predicted molar refractivity (Wildman–Crippen MR) is 109 cm³/mol. The Balaban J connectivity index is 1.62. The van der Waals surface area contributed by atoms with Crippen LogP contribution in [-0.2, 0) is 14.3 Å². The van der Waals surface area contributed by atoms with Crippen LogP contribution in [0.5, 0.6) is 0 Å². The van der Waals surface area contributed by atoms with Gasteiger partial charge >= 0.3 is 5.97 Å². The molecule has 0 heterocycles. The average molecular weight is 383 g/mol. The smallest absolute Gasteiger partial charge is 0.312 e. The van der Waals surface area contributed by atoms with E-state index in [0.717, 1.165) is 44.9 Å². The normalized spacial score (nSPS) is 42.5. The molecule has 3 fully saturated rings. The quantitative estimate of drug-likeness (QED) is 0.469. The molecule has 152 valence electrons. The zero-order valence-electron chi connectivity index (χ0n) is 17.8. The third-order valence-corrected chi connectivity index (χ3v) is 8.53. The van der Waals surface area contributed by atoms with E-state index in [1.165, 1.54) is 5.57 Å². The van der Waals surface area contributed by atoms with Gasteiger partial charge in [0, 0.05) is 11.8 Å². The summed E-state index contributed by atoms with van der Waals surface area (Å²) in [5.74, 6) is 5.50. The first-order chi connectivity index (χ1) is 13.1. The van der Waals surface area contributed by atoms with Crippen LogP contribution in [0.2, 0.25) is 0 Å². The second-order valence-electron chi connectivity index (χ2n) is 10.9. The summed E-state index contributed by atoms with van der Waals surface area (Å²) < 4.78 is 6.15. The molecule has 6 atom stereocenters. The Morgan fingerprint density at radius 1 is 1.14 bits per heavy atom. The van der Waals surface area contributed by atoms with Crippen LogP contribution in [0.4, 0.5) is 0 Å². The molecule has 0 unspecified atom stereocenters. The number of esters is 1. The molecule has 0 N–H and O–H groups in total. The Hall–Kier alpha value is -1.56. The molecule has 3 heteroatoms. The maximum absolute atomic E-state index is 12.7. The molecule has 4 aliphatic rings. The molecule has 3 nitrogen and oxygen atoms in total. The number of carbonyl (C=O) groups is 2. The van der Waals surface area contributed by atoms with Gasteiger partial charge in [0.2, 0.25) is 0 Å². The summed E-state index contributed by atoms with van der Waals surface area (Å²) in [6.45, 7) is 7.96. The zero-order chi connectivity index (χ0) is 20.3. The number of ether oxygens (including phenoxy) is 1. The van der Waals surface area contributed by atoms with E-state index < -0.39 is 11.0 Å². The molecule has 0 aromatic carbocycles. The third-order valence-electron chi connectivity index (χ3n) is 8.53. The minimum absolute atomic E-state index is 0.143. The van der Waals surface area contributed by atoms with Gasteiger partial charge in [0.25, 0.3) is 0 Å². The molecule has 4 rings (SSSR count). The summed E-state index contributed by atoms with van der Waals surface area (Å²) in [7, 11) is 0. The largest absolute Gasteiger partial charge is 0.445 e. The molecular formula is C25H34O3. The highest BCUT2D eigenvalue weighted by atomic mass is 16.6. The highest BCUT2D eigenvalue weighted by Crippen LogP contribution is 2.65. The number of fused-ring (bicyclic) bond motifs is 5. The predicted octanol–water partition coefficient (Wildman–Crippen LogP) is 5.09. The van der Waals surface area contributed by atoms with Gasteiger partial charge < -0.3 is 4.74 Å². The Kier molecular flexibility index (Phi) is 4.57. The van der Waals surface area contributed by atoms with Gasteiger partial charge in [-0.25, -0.2) is 0 Å². The van der Waals surface area contributed by atoms with E-state index in [9.17, 15) is 9.59 Å². The van der Waals surface area contributed by atoms with Crippen LogP contribution in [-0.4, -0.2) is 17.4 Å². The lowest BCUT2D eigenvalue weighted by molar-refractivity contribution is -0.179. The van der Waals surface area contributed by atoms with Crippen molar-refractivity contribution in [1.82, 2.24) is 0 Å². The van der Waals surface area contributed by atoms with Crippen molar-refractivity contribution in [2.24, 2.45) is 34.5 Å². The topological polar surface area (TPSA) is 43.4 Å². The maximum Gasteiger partial charge on any atom is 0.312 e. The van der Waals surface area contributed by atoms with Gasteiger partial charge in [-0.05, 0) is 95.5 Å². The summed E-state index contributed by atoms with van der Waals surface area (Å²) in [4.78, 5) is 24.6. The molecule has 0 radical (unpaired) electrons. The standard InChI is InChI=1S/C25H34O3/c1-6-25(28-22(27)23(2,3)4)14-12-21-20-9-7-16-15-17(26)8-10-18(16)19(20)11-13-24(21,25)5/h1,15,18-21H,7-14H2,2-5H3/t18-,19+,20+,21-,24-,25-/m0/s1. The van der Waals surface area contributed by atoms with Crippen molar-refractivity contribution in [2.75, 3.05) is 0 Å². The molecule has 3 saturated carbocycles. The maximum atomic E-state index is 12.7. The van der Waals surface area contributed by atoms with Crippen LogP contribution in [0.15, 0.2) is 11.6 Å². The summed E-state index contributed by atoms with van der Waals surface area (Å²) >= 11 is 0. The number of ketones is 1.